The van der Waals surface area contributed by atoms with Crippen LogP contribution in [0.5, 0.6) is 0 Å². The van der Waals surface area contributed by atoms with Crippen molar-refractivity contribution in [3.8, 4) is 0 Å². The average Bonchev–Trinajstić information content (AvgIpc) is 3.27. The lowest BCUT2D eigenvalue weighted by Crippen LogP contribution is -2.38. The fraction of sp³-hybridized carbons (Fsp3) is 0.636. The van der Waals surface area contributed by atoms with Gasteiger partial charge in [-0.3, -0.25) is 4.79 Å². The number of hydrogen-bond acceptors (Lipinski definition) is 4. The van der Waals surface area contributed by atoms with Crippen LogP contribution in [0, 0.1) is 17.2 Å². The highest BCUT2D eigenvalue weighted by molar-refractivity contribution is 5.85. The lowest BCUT2D eigenvalue weighted by molar-refractivity contribution is -0.192. The fourth-order valence-electron chi connectivity index (χ4n) is 4.69. The van der Waals surface area contributed by atoms with Crippen molar-refractivity contribution < 1.29 is 37.0 Å². The fourth-order valence-corrected chi connectivity index (χ4v) is 4.69. The molecule has 1 N–H and O–H groups in total. The number of carboxylic acids is 1. The van der Waals surface area contributed by atoms with E-state index in [0.29, 0.717) is 12.5 Å². The van der Waals surface area contributed by atoms with E-state index >= 15 is 0 Å². The first kappa shape index (κ1) is 24.4. The standard InChI is InChI=1S/C20H27FN2O2.C2HF3O2/c21-18-3-1-2-17(12-18)14-23-9-7-20(19(23)24)6-8-22(15-20)13-16-4-10-25-11-5-16;3-2(4,5)1(6)7/h1-3,12,16H,4-11,13-15H2;(H,6,7). The predicted molar refractivity (Wildman–Crippen MR) is 107 cm³/mol. The second-order valence-corrected chi connectivity index (χ2v) is 8.73. The highest BCUT2D eigenvalue weighted by atomic mass is 19.4. The Morgan fingerprint density at radius 3 is 2.47 bits per heavy atom. The number of benzene rings is 1. The summed E-state index contributed by atoms with van der Waals surface area (Å²) in [5.41, 5.74) is 0.681. The van der Waals surface area contributed by atoms with E-state index in [1.165, 1.54) is 12.1 Å². The molecule has 4 rings (SSSR count). The Kier molecular flexibility index (Phi) is 7.76. The van der Waals surface area contributed by atoms with E-state index in [1.54, 1.807) is 6.07 Å². The molecule has 1 atom stereocenters. The summed E-state index contributed by atoms with van der Waals surface area (Å²) >= 11 is 0. The van der Waals surface area contributed by atoms with E-state index in [4.69, 9.17) is 14.6 Å². The van der Waals surface area contributed by atoms with Gasteiger partial charge >= 0.3 is 12.1 Å². The molecule has 1 unspecified atom stereocenters. The van der Waals surface area contributed by atoms with Gasteiger partial charge in [-0.1, -0.05) is 12.1 Å². The number of carboxylic acid groups (broad SMARTS) is 1. The van der Waals surface area contributed by atoms with Gasteiger partial charge in [0, 0.05) is 39.4 Å². The Hall–Kier alpha value is -2.20. The summed E-state index contributed by atoms with van der Waals surface area (Å²) in [6.45, 7) is 6.09. The second-order valence-electron chi connectivity index (χ2n) is 8.73. The highest BCUT2D eigenvalue weighted by Crippen LogP contribution is 2.41. The zero-order chi connectivity index (χ0) is 23.4. The lowest BCUT2D eigenvalue weighted by atomic mass is 9.85. The van der Waals surface area contributed by atoms with Crippen LogP contribution >= 0.6 is 0 Å². The van der Waals surface area contributed by atoms with Gasteiger partial charge in [0.1, 0.15) is 5.82 Å². The molecule has 3 heterocycles. The Labute approximate surface area is 184 Å². The van der Waals surface area contributed by atoms with Crippen LogP contribution in [0.4, 0.5) is 17.6 Å². The predicted octanol–water partition coefficient (Wildman–Crippen LogP) is 3.31. The van der Waals surface area contributed by atoms with Crippen LogP contribution in [-0.2, 0) is 20.9 Å². The zero-order valence-electron chi connectivity index (χ0n) is 17.7. The maximum atomic E-state index is 13.4. The summed E-state index contributed by atoms with van der Waals surface area (Å²) < 4.78 is 50.6. The number of halogens is 4. The smallest absolute Gasteiger partial charge is 0.475 e. The van der Waals surface area contributed by atoms with E-state index in [9.17, 15) is 22.4 Å². The van der Waals surface area contributed by atoms with Gasteiger partial charge in [0.2, 0.25) is 5.91 Å². The number of carbonyl (C=O) groups excluding carboxylic acids is 1. The summed E-state index contributed by atoms with van der Waals surface area (Å²) in [5.74, 6) is -2.01. The molecule has 3 aliphatic heterocycles. The molecular weight excluding hydrogens is 432 g/mol. The summed E-state index contributed by atoms with van der Waals surface area (Å²) in [6.07, 6.45) is -0.896. The third kappa shape index (κ3) is 6.19. The number of nitrogens with zero attached hydrogens (tertiary/aromatic N) is 2. The third-order valence-corrected chi connectivity index (χ3v) is 6.40. The SMILES string of the molecule is O=C(O)C(F)(F)F.O=C1N(Cc2cccc(F)c2)CCC12CCN(CC1CCOCC1)C2. The monoisotopic (exact) mass is 460 g/mol. The molecule has 0 radical (unpaired) electrons. The van der Waals surface area contributed by atoms with Gasteiger partial charge in [-0.25, -0.2) is 9.18 Å². The molecule has 10 heteroatoms. The average molecular weight is 460 g/mol. The summed E-state index contributed by atoms with van der Waals surface area (Å²) in [4.78, 5) is 26.3. The van der Waals surface area contributed by atoms with Crippen molar-refractivity contribution in [3.63, 3.8) is 0 Å². The molecule has 0 aromatic heterocycles. The molecule has 1 aromatic rings. The van der Waals surface area contributed by atoms with Gasteiger partial charge < -0.3 is 19.6 Å². The summed E-state index contributed by atoms with van der Waals surface area (Å²) in [6, 6.07) is 6.59. The number of hydrogen-bond donors (Lipinski definition) is 1. The summed E-state index contributed by atoms with van der Waals surface area (Å²) in [5, 5.41) is 7.12. The maximum Gasteiger partial charge on any atom is 0.490 e. The molecule has 32 heavy (non-hydrogen) atoms. The molecule has 1 spiro atoms. The minimum atomic E-state index is -5.08. The Morgan fingerprint density at radius 1 is 1.19 bits per heavy atom. The molecule has 3 fully saturated rings. The van der Waals surface area contributed by atoms with Crippen LogP contribution in [0.2, 0.25) is 0 Å². The molecule has 0 saturated carbocycles. The lowest BCUT2D eigenvalue weighted by Gasteiger charge is -2.28. The molecule has 178 valence electrons. The van der Waals surface area contributed by atoms with Crippen LogP contribution in [0.15, 0.2) is 24.3 Å². The Bertz CT molecular complexity index is 813. The van der Waals surface area contributed by atoms with E-state index in [-0.39, 0.29) is 17.1 Å². The van der Waals surface area contributed by atoms with Crippen LogP contribution < -0.4 is 0 Å². The van der Waals surface area contributed by atoms with Crippen LogP contribution in [-0.4, -0.2) is 72.4 Å². The second kappa shape index (κ2) is 10.2. The Balaban J connectivity index is 0.000000360. The molecule has 0 bridgehead atoms. The van der Waals surface area contributed by atoms with Crippen LogP contribution in [0.3, 0.4) is 0 Å². The van der Waals surface area contributed by atoms with E-state index < -0.39 is 12.1 Å². The van der Waals surface area contributed by atoms with Gasteiger partial charge in [-0.05, 0) is 55.8 Å². The minimum absolute atomic E-state index is 0.196. The normalized spacial score (nSPS) is 24.6. The number of amides is 1. The summed E-state index contributed by atoms with van der Waals surface area (Å²) in [7, 11) is 0. The first-order valence-electron chi connectivity index (χ1n) is 10.7. The number of alkyl halides is 3. The number of rotatable bonds is 4. The van der Waals surface area contributed by atoms with Crippen molar-refractivity contribution in [2.75, 3.05) is 39.4 Å². The third-order valence-electron chi connectivity index (χ3n) is 6.40. The van der Waals surface area contributed by atoms with Crippen molar-refractivity contribution >= 4 is 11.9 Å². The van der Waals surface area contributed by atoms with Crippen LogP contribution in [0.25, 0.3) is 0 Å². The quantitative estimate of drug-likeness (QED) is 0.699. The zero-order valence-corrected chi connectivity index (χ0v) is 17.7. The van der Waals surface area contributed by atoms with E-state index in [1.807, 2.05) is 11.0 Å². The van der Waals surface area contributed by atoms with Crippen molar-refractivity contribution in [2.24, 2.45) is 11.3 Å². The van der Waals surface area contributed by atoms with Gasteiger partial charge in [0.05, 0.1) is 5.41 Å². The van der Waals surface area contributed by atoms with Gasteiger partial charge in [-0.15, -0.1) is 0 Å². The largest absolute Gasteiger partial charge is 0.490 e. The van der Waals surface area contributed by atoms with Gasteiger partial charge in [0.25, 0.3) is 0 Å². The van der Waals surface area contributed by atoms with Crippen molar-refractivity contribution in [1.29, 1.82) is 0 Å². The maximum absolute atomic E-state index is 13.4. The number of ether oxygens (including phenoxy) is 1. The highest BCUT2D eigenvalue weighted by Gasteiger charge is 2.50. The van der Waals surface area contributed by atoms with Crippen molar-refractivity contribution in [2.45, 2.75) is 38.4 Å². The van der Waals surface area contributed by atoms with Gasteiger partial charge in [-0.2, -0.15) is 13.2 Å². The minimum Gasteiger partial charge on any atom is -0.475 e. The van der Waals surface area contributed by atoms with E-state index in [2.05, 4.69) is 4.90 Å². The molecular formula is C22H28F4N2O4. The molecule has 0 aliphatic carbocycles. The number of likely N-dealkylation sites (tertiary alicyclic amines) is 2. The molecule has 3 aliphatic rings. The molecule has 3 saturated heterocycles. The van der Waals surface area contributed by atoms with E-state index in [0.717, 1.165) is 70.6 Å². The number of carbonyl (C=O) groups is 2. The topological polar surface area (TPSA) is 70.1 Å². The number of aliphatic carboxylic acids is 1. The van der Waals surface area contributed by atoms with Crippen LogP contribution in [0.1, 0.15) is 31.2 Å². The molecule has 6 nitrogen and oxygen atoms in total. The van der Waals surface area contributed by atoms with Crippen molar-refractivity contribution in [3.05, 3.63) is 35.6 Å². The molecule has 1 amide bonds. The van der Waals surface area contributed by atoms with Crippen molar-refractivity contribution in [1.82, 2.24) is 9.80 Å². The Morgan fingerprint density at radius 2 is 1.84 bits per heavy atom. The first-order chi connectivity index (χ1) is 15.1. The van der Waals surface area contributed by atoms with Gasteiger partial charge in [0.15, 0.2) is 0 Å². The molecule has 1 aromatic carbocycles. The first-order valence-corrected chi connectivity index (χ1v) is 10.7.